The maximum absolute atomic E-state index is 12.7. The predicted octanol–water partition coefficient (Wildman–Crippen LogP) is 4.27. The topological polar surface area (TPSA) is 66.2 Å². The second-order valence-corrected chi connectivity index (χ2v) is 7.09. The number of rotatable bonds is 8. The second kappa shape index (κ2) is 8.93. The first kappa shape index (κ1) is 19.9. The van der Waals surface area contributed by atoms with Gasteiger partial charge in [-0.25, -0.2) is 0 Å². The van der Waals surface area contributed by atoms with E-state index in [1.807, 2.05) is 29.7 Å². The number of ether oxygens (including phenoxy) is 2. The van der Waals surface area contributed by atoms with Crippen LogP contribution in [0.25, 0.3) is 11.4 Å². The molecule has 0 aliphatic heterocycles. The van der Waals surface area contributed by atoms with E-state index in [4.69, 9.17) is 9.47 Å². The van der Waals surface area contributed by atoms with Crippen molar-refractivity contribution in [2.24, 2.45) is 0 Å². The molecule has 0 aliphatic rings. The highest BCUT2D eigenvalue weighted by Crippen LogP contribution is 2.29. The van der Waals surface area contributed by atoms with Crippen LogP contribution in [0.15, 0.2) is 47.6 Å². The van der Waals surface area contributed by atoms with Gasteiger partial charge < -0.3 is 14.0 Å². The Labute approximate surface area is 168 Å². The Morgan fingerprint density at radius 1 is 1.11 bits per heavy atom. The predicted molar refractivity (Wildman–Crippen MR) is 110 cm³/mol. The molecular formula is C21H23N3O3S. The van der Waals surface area contributed by atoms with Crippen LogP contribution >= 0.6 is 11.8 Å². The zero-order valence-corrected chi connectivity index (χ0v) is 17.2. The lowest BCUT2D eigenvalue weighted by Gasteiger charge is -2.10. The van der Waals surface area contributed by atoms with E-state index in [1.165, 1.54) is 11.8 Å². The molecule has 0 saturated carbocycles. The number of hydrogen-bond donors (Lipinski definition) is 0. The Kier molecular flexibility index (Phi) is 6.36. The average Bonchev–Trinajstić information content (AvgIpc) is 3.14. The van der Waals surface area contributed by atoms with Gasteiger partial charge in [0.2, 0.25) is 0 Å². The molecule has 146 valence electrons. The van der Waals surface area contributed by atoms with Crippen LogP contribution in [0.4, 0.5) is 0 Å². The van der Waals surface area contributed by atoms with Crippen molar-refractivity contribution in [1.29, 1.82) is 0 Å². The number of ketones is 1. The van der Waals surface area contributed by atoms with Gasteiger partial charge in [0.25, 0.3) is 0 Å². The van der Waals surface area contributed by atoms with Gasteiger partial charge in [0.15, 0.2) is 16.8 Å². The molecule has 28 heavy (non-hydrogen) atoms. The van der Waals surface area contributed by atoms with Crippen molar-refractivity contribution in [2.75, 3.05) is 20.0 Å². The molecule has 0 fully saturated rings. The van der Waals surface area contributed by atoms with E-state index < -0.39 is 0 Å². The third kappa shape index (κ3) is 4.04. The van der Waals surface area contributed by atoms with Gasteiger partial charge in [-0.1, -0.05) is 36.0 Å². The van der Waals surface area contributed by atoms with Crippen LogP contribution in [0, 0.1) is 6.92 Å². The van der Waals surface area contributed by atoms with E-state index >= 15 is 0 Å². The third-order valence-corrected chi connectivity index (χ3v) is 5.43. The van der Waals surface area contributed by atoms with Gasteiger partial charge in [0.05, 0.1) is 25.5 Å². The van der Waals surface area contributed by atoms with Gasteiger partial charge in [0, 0.05) is 18.2 Å². The molecule has 6 nitrogen and oxygen atoms in total. The van der Waals surface area contributed by atoms with E-state index in [1.54, 1.807) is 32.4 Å². The number of carbonyl (C=O) groups is 1. The van der Waals surface area contributed by atoms with Crippen LogP contribution < -0.4 is 9.47 Å². The summed E-state index contributed by atoms with van der Waals surface area (Å²) in [4.78, 5) is 12.7. The zero-order chi connectivity index (χ0) is 20.1. The smallest absolute Gasteiger partial charge is 0.191 e. The van der Waals surface area contributed by atoms with E-state index in [2.05, 4.69) is 23.2 Å². The summed E-state index contributed by atoms with van der Waals surface area (Å²) in [5.41, 5.74) is 2.71. The van der Waals surface area contributed by atoms with E-state index in [0.29, 0.717) is 17.1 Å². The van der Waals surface area contributed by atoms with Crippen molar-refractivity contribution in [3.8, 4) is 22.9 Å². The van der Waals surface area contributed by atoms with Crippen molar-refractivity contribution in [1.82, 2.24) is 14.8 Å². The molecule has 7 heteroatoms. The summed E-state index contributed by atoms with van der Waals surface area (Å²) < 4.78 is 12.6. The first-order valence-electron chi connectivity index (χ1n) is 8.96. The first-order valence-corrected chi connectivity index (χ1v) is 9.94. The minimum Gasteiger partial charge on any atom is -0.497 e. The molecule has 1 aromatic heterocycles. The third-order valence-electron chi connectivity index (χ3n) is 4.46. The SMILES string of the molecule is CCn1c(SCC(=O)c2ccc(OC)cc2OC)nnc1-c1ccccc1C. The van der Waals surface area contributed by atoms with Crippen molar-refractivity contribution in [3.05, 3.63) is 53.6 Å². The van der Waals surface area contributed by atoms with Gasteiger partial charge in [-0.15, -0.1) is 10.2 Å². The molecule has 3 rings (SSSR count). The molecule has 0 saturated heterocycles. The maximum atomic E-state index is 12.7. The van der Waals surface area contributed by atoms with Crippen LogP contribution in [0.5, 0.6) is 11.5 Å². The fraction of sp³-hybridized carbons (Fsp3) is 0.286. The molecule has 0 radical (unpaired) electrons. The Bertz CT molecular complexity index is 985. The van der Waals surface area contributed by atoms with Gasteiger partial charge >= 0.3 is 0 Å². The maximum Gasteiger partial charge on any atom is 0.191 e. The number of methoxy groups -OCH3 is 2. The number of aromatic nitrogens is 3. The van der Waals surface area contributed by atoms with Gasteiger partial charge in [-0.05, 0) is 31.5 Å². The zero-order valence-electron chi connectivity index (χ0n) is 16.4. The molecule has 0 N–H and O–H groups in total. The highest BCUT2D eigenvalue weighted by Gasteiger charge is 2.18. The Morgan fingerprint density at radius 2 is 1.89 bits per heavy atom. The van der Waals surface area contributed by atoms with Crippen molar-refractivity contribution < 1.29 is 14.3 Å². The molecule has 0 aliphatic carbocycles. The number of aryl methyl sites for hydroxylation is 1. The fourth-order valence-corrected chi connectivity index (χ4v) is 3.83. The molecular weight excluding hydrogens is 374 g/mol. The van der Waals surface area contributed by atoms with Gasteiger partial charge in [0.1, 0.15) is 11.5 Å². The van der Waals surface area contributed by atoms with Crippen molar-refractivity contribution >= 4 is 17.5 Å². The lowest BCUT2D eigenvalue weighted by atomic mass is 10.1. The quantitative estimate of drug-likeness (QED) is 0.418. The first-order chi connectivity index (χ1) is 13.6. The molecule has 0 atom stereocenters. The lowest BCUT2D eigenvalue weighted by molar-refractivity contribution is 0.101. The number of Topliss-reactive ketones (excluding diaryl/α,β-unsaturated/α-hetero) is 1. The second-order valence-electron chi connectivity index (χ2n) is 6.14. The summed E-state index contributed by atoms with van der Waals surface area (Å²) >= 11 is 1.38. The molecule has 0 amide bonds. The Morgan fingerprint density at radius 3 is 2.57 bits per heavy atom. The highest BCUT2D eigenvalue weighted by molar-refractivity contribution is 7.99. The molecule has 0 unspecified atom stereocenters. The number of thioether (sulfide) groups is 1. The van der Waals surface area contributed by atoms with Crippen molar-refractivity contribution in [2.45, 2.75) is 25.5 Å². The number of nitrogens with zero attached hydrogens (tertiary/aromatic N) is 3. The molecule has 3 aromatic rings. The van der Waals surface area contributed by atoms with Crippen LogP contribution in [0.2, 0.25) is 0 Å². The summed E-state index contributed by atoms with van der Waals surface area (Å²) in [5, 5.41) is 9.40. The van der Waals surface area contributed by atoms with Crippen LogP contribution in [-0.4, -0.2) is 40.5 Å². The lowest BCUT2D eigenvalue weighted by Crippen LogP contribution is -2.07. The van der Waals surface area contributed by atoms with Crippen LogP contribution in [0.3, 0.4) is 0 Å². The highest BCUT2D eigenvalue weighted by atomic mass is 32.2. The Balaban J connectivity index is 1.80. The summed E-state index contributed by atoms with van der Waals surface area (Å²) in [6.07, 6.45) is 0. The fourth-order valence-electron chi connectivity index (χ4n) is 2.94. The monoisotopic (exact) mass is 397 g/mol. The van der Waals surface area contributed by atoms with Gasteiger partial charge in [-0.3, -0.25) is 4.79 Å². The van der Waals surface area contributed by atoms with Gasteiger partial charge in [-0.2, -0.15) is 0 Å². The number of carbonyl (C=O) groups excluding carboxylic acids is 1. The summed E-state index contributed by atoms with van der Waals surface area (Å²) in [6, 6.07) is 13.3. The minimum atomic E-state index is -0.0346. The minimum absolute atomic E-state index is 0.0346. The number of hydrogen-bond acceptors (Lipinski definition) is 6. The van der Waals surface area contributed by atoms with Crippen molar-refractivity contribution in [3.63, 3.8) is 0 Å². The largest absolute Gasteiger partial charge is 0.497 e. The molecule has 0 bridgehead atoms. The summed E-state index contributed by atoms with van der Waals surface area (Å²) in [6.45, 7) is 4.82. The average molecular weight is 398 g/mol. The summed E-state index contributed by atoms with van der Waals surface area (Å²) in [5.74, 6) is 2.18. The molecule has 1 heterocycles. The Hall–Kier alpha value is -2.80. The normalized spacial score (nSPS) is 10.7. The van der Waals surface area contributed by atoms with Crippen LogP contribution in [0.1, 0.15) is 22.8 Å². The van der Waals surface area contributed by atoms with E-state index in [9.17, 15) is 4.79 Å². The molecule has 2 aromatic carbocycles. The molecule has 0 spiro atoms. The summed E-state index contributed by atoms with van der Waals surface area (Å²) in [7, 11) is 3.12. The van der Waals surface area contributed by atoms with E-state index in [0.717, 1.165) is 28.7 Å². The number of benzene rings is 2. The standard InChI is InChI=1S/C21H23N3O3S/c1-5-24-20(16-9-7-6-8-14(16)2)22-23-21(24)28-13-18(25)17-11-10-15(26-3)12-19(17)27-4/h6-12H,5,13H2,1-4H3. The van der Waals surface area contributed by atoms with Crippen LogP contribution in [-0.2, 0) is 6.54 Å². The van der Waals surface area contributed by atoms with E-state index in [-0.39, 0.29) is 11.5 Å².